The smallest absolute Gasteiger partial charge is 0.161 e. The van der Waals surface area contributed by atoms with Crippen molar-refractivity contribution in [2.75, 3.05) is 27.4 Å². The molecule has 0 atom stereocenters. The average Bonchev–Trinajstić information content (AvgIpc) is 2.74. The molecule has 0 bridgehead atoms. The molecule has 19 heavy (non-hydrogen) atoms. The Bertz CT molecular complexity index is 410. The molecule has 0 fully saturated rings. The number of methoxy groups -OCH3 is 2. The minimum atomic E-state index is -0.191. The third-order valence-electron chi connectivity index (χ3n) is 3.03. The zero-order chi connectivity index (χ0) is 13.9. The Hall–Kier alpha value is -0.560. The van der Waals surface area contributed by atoms with E-state index in [1.807, 2.05) is 12.1 Å². The molecule has 0 saturated heterocycles. The Morgan fingerprint density at radius 2 is 1.37 bits per heavy atom. The van der Waals surface area contributed by atoms with Crippen LogP contribution in [0.5, 0.6) is 11.5 Å². The zero-order valence-electron chi connectivity index (χ0n) is 11.0. The van der Waals surface area contributed by atoms with Crippen LogP contribution in [0.15, 0.2) is 21.9 Å². The Balaban J connectivity index is 2.32. The summed E-state index contributed by atoms with van der Waals surface area (Å²) in [5.74, 6) is 1.41. The summed E-state index contributed by atoms with van der Waals surface area (Å²) in [6, 6.07) is 3.92. The van der Waals surface area contributed by atoms with Crippen LogP contribution in [0, 0.1) is 0 Å². The van der Waals surface area contributed by atoms with Gasteiger partial charge < -0.3 is 19.7 Å². The number of aliphatic hydroxyl groups is 2. The zero-order valence-corrected chi connectivity index (χ0v) is 12.6. The summed E-state index contributed by atoms with van der Waals surface area (Å²) in [7, 11) is 3.23. The van der Waals surface area contributed by atoms with Gasteiger partial charge in [0.2, 0.25) is 0 Å². The van der Waals surface area contributed by atoms with Gasteiger partial charge in [-0.2, -0.15) is 0 Å². The Labute approximate surface area is 121 Å². The fraction of sp³-hybridized carbons (Fsp3) is 0.538. The van der Waals surface area contributed by atoms with Crippen LogP contribution in [-0.4, -0.2) is 41.7 Å². The van der Waals surface area contributed by atoms with Crippen molar-refractivity contribution in [1.29, 1.82) is 0 Å². The highest BCUT2D eigenvalue weighted by atomic mass is 32.2. The second-order valence-electron chi connectivity index (χ2n) is 4.22. The molecule has 0 radical (unpaired) electrons. The minimum Gasteiger partial charge on any atom is -0.493 e. The monoisotopic (exact) mass is 302 g/mol. The largest absolute Gasteiger partial charge is 0.493 e. The number of benzene rings is 1. The summed E-state index contributed by atoms with van der Waals surface area (Å²) in [5, 5.41) is 18.5. The van der Waals surface area contributed by atoms with Gasteiger partial charge in [0.05, 0.1) is 18.3 Å². The lowest BCUT2D eigenvalue weighted by Gasteiger charge is -2.25. The van der Waals surface area contributed by atoms with Crippen LogP contribution in [0.2, 0.25) is 0 Å². The van der Waals surface area contributed by atoms with E-state index in [0.29, 0.717) is 24.3 Å². The van der Waals surface area contributed by atoms with Crippen molar-refractivity contribution in [1.82, 2.24) is 0 Å². The molecular formula is C13H18O4S2. The van der Waals surface area contributed by atoms with Gasteiger partial charge in [0.1, 0.15) is 0 Å². The van der Waals surface area contributed by atoms with Crippen LogP contribution < -0.4 is 9.47 Å². The van der Waals surface area contributed by atoms with Gasteiger partial charge in [0.25, 0.3) is 0 Å². The molecule has 1 aromatic carbocycles. The molecule has 0 unspecified atom stereocenters. The fourth-order valence-corrected chi connectivity index (χ4v) is 5.27. The summed E-state index contributed by atoms with van der Waals surface area (Å²) >= 11 is 3.38. The van der Waals surface area contributed by atoms with Gasteiger partial charge >= 0.3 is 0 Å². The molecule has 0 saturated carbocycles. The molecule has 0 spiro atoms. The molecule has 2 rings (SSSR count). The topological polar surface area (TPSA) is 58.9 Å². The van der Waals surface area contributed by atoms with Crippen molar-refractivity contribution in [3.8, 4) is 11.5 Å². The first-order valence-electron chi connectivity index (χ1n) is 6.04. The van der Waals surface area contributed by atoms with Gasteiger partial charge in [-0.3, -0.25) is 0 Å². The first kappa shape index (κ1) is 14.8. The molecule has 1 aliphatic rings. The van der Waals surface area contributed by atoms with E-state index in [0.717, 1.165) is 9.79 Å². The van der Waals surface area contributed by atoms with Crippen molar-refractivity contribution in [3.05, 3.63) is 12.1 Å². The van der Waals surface area contributed by atoms with Gasteiger partial charge in [-0.05, 0) is 25.0 Å². The molecule has 106 valence electrons. The standard InChI is InChI=1S/C13H18O4S2/c1-16-9-7-11-12(8-10(9)17-2)19-13(18-11,3-5-14)4-6-15/h7-8,14-15H,3-6H2,1-2H3. The molecule has 1 aliphatic heterocycles. The van der Waals surface area contributed by atoms with Crippen LogP contribution in [0.4, 0.5) is 0 Å². The highest BCUT2D eigenvalue weighted by Crippen LogP contribution is 2.60. The highest BCUT2D eigenvalue weighted by Gasteiger charge is 2.39. The second kappa shape index (κ2) is 6.26. The number of rotatable bonds is 6. The molecule has 0 aliphatic carbocycles. The van der Waals surface area contributed by atoms with Gasteiger partial charge in [0, 0.05) is 23.0 Å². The first-order valence-corrected chi connectivity index (χ1v) is 7.67. The van der Waals surface area contributed by atoms with E-state index in [-0.39, 0.29) is 17.3 Å². The van der Waals surface area contributed by atoms with E-state index in [2.05, 4.69) is 0 Å². The van der Waals surface area contributed by atoms with Crippen LogP contribution >= 0.6 is 23.5 Å². The van der Waals surface area contributed by atoms with Crippen LogP contribution in [-0.2, 0) is 0 Å². The van der Waals surface area contributed by atoms with Crippen molar-refractivity contribution >= 4 is 23.5 Å². The summed E-state index contributed by atoms with van der Waals surface area (Å²) in [5.41, 5.74) is 0. The van der Waals surface area contributed by atoms with Gasteiger partial charge in [-0.15, -0.1) is 23.5 Å². The predicted octanol–water partition coefficient (Wildman–Crippen LogP) is 2.36. The van der Waals surface area contributed by atoms with E-state index in [9.17, 15) is 10.2 Å². The van der Waals surface area contributed by atoms with Crippen molar-refractivity contribution < 1.29 is 19.7 Å². The number of hydrogen-bond acceptors (Lipinski definition) is 6. The first-order chi connectivity index (χ1) is 9.18. The molecule has 1 aromatic rings. The number of aliphatic hydroxyl groups excluding tert-OH is 2. The Morgan fingerprint density at radius 1 is 0.947 bits per heavy atom. The van der Waals surface area contributed by atoms with Crippen molar-refractivity contribution in [2.24, 2.45) is 0 Å². The van der Waals surface area contributed by atoms with Crippen molar-refractivity contribution in [3.63, 3.8) is 0 Å². The van der Waals surface area contributed by atoms with E-state index >= 15 is 0 Å². The van der Waals surface area contributed by atoms with Gasteiger partial charge in [-0.1, -0.05) is 0 Å². The summed E-state index contributed by atoms with van der Waals surface area (Å²) in [4.78, 5) is 2.23. The third-order valence-corrected chi connectivity index (χ3v) is 6.33. The van der Waals surface area contributed by atoms with E-state index in [1.165, 1.54) is 0 Å². The predicted molar refractivity (Wildman–Crippen MR) is 77.4 cm³/mol. The van der Waals surface area contributed by atoms with Crippen LogP contribution in [0.3, 0.4) is 0 Å². The molecule has 2 N–H and O–H groups in total. The molecule has 0 aromatic heterocycles. The van der Waals surface area contributed by atoms with E-state index < -0.39 is 0 Å². The van der Waals surface area contributed by atoms with E-state index in [4.69, 9.17) is 9.47 Å². The number of ether oxygens (including phenoxy) is 2. The summed E-state index contributed by atoms with van der Waals surface area (Å²) in [6.07, 6.45) is 1.28. The Morgan fingerprint density at radius 3 is 1.68 bits per heavy atom. The summed E-state index contributed by atoms with van der Waals surface area (Å²) < 4.78 is 10.4. The molecule has 1 heterocycles. The molecule has 4 nitrogen and oxygen atoms in total. The highest BCUT2D eigenvalue weighted by molar-refractivity contribution is 8.20. The lowest BCUT2D eigenvalue weighted by molar-refractivity contribution is 0.254. The van der Waals surface area contributed by atoms with Crippen molar-refractivity contribution in [2.45, 2.75) is 26.7 Å². The molecule has 6 heteroatoms. The van der Waals surface area contributed by atoms with Crippen LogP contribution in [0.25, 0.3) is 0 Å². The maximum atomic E-state index is 9.24. The molecular weight excluding hydrogens is 284 g/mol. The van der Waals surface area contributed by atoms with Gasteiger partial charge in [-0.25, -0.2) is 0 Å². The lowest BCUT2D eigenvalue weighted by atomic mass is 10.2. The third kappa shape index (κ3) is 2.97. The lowest BCUT2D eigenvalue weighted by Crippen LogP contribution is -2.20. The van der Waals surface area contributed by atoms with E-state index in [1.54, 1.807) is 37.7 Å². The summed E-state index contributed by atoms with van der Waals surface area (Å²) in [6.45, 7) is 0.227. The minimum absolute atomic E-state index is 0.113. The number of fused-ring (bicyclic) bond motifs is 1. The Kier molecular flexibility index (Phi) is 4.89. The molecule has 0 amide bonds. The maximum absolute atomic E-state index is 9.24. The second-order valence-corrected chi connectivity index (χ2v) is 7.33. The maximum Gasteiger partial charge on any atom is 0.161 e. The number of hydrogen-bond donors (Lipinski definition) is 2. The SMILES string of the molecule is COc1cc2c(cc1OC)SC(CCO)(CCO)S2. The number of thioether (sulfide) groups is 2. The fourth-order valence-electron chi connectivity index (χ4n) is 2.09. The van der Waals surface area contributed by atoms with Crippen LogP contribution in [0.1, 0.15) is 12.8 Å². The normalized spacial score (nSPS) is 16.2. The quantitative estimate of drug-likeness (QED) is 0.841. The van der Waals surface area contributed by atoms with Gasteiger partial charge in [0.15, 0.2) is 11.5 Å². The average molecular weight is 302 g/mol.